The molecular formula is C20H15Cl2FN6O2. The molecule has 0 fully saturated rings. The van der Waals surface area contributed by atoms with E-state index in [4.69, 9.17) is 27.9 Å². The number of halogens is 3. The van der Waals surface area contributed by atoms with Crippen LogP contribution in [0.2, 0.25) is 10.0 Å². The number of carbonyl (C=O) groups excluding carboxylic acids is 1. The number of carbonyl (C=O) groups is 1. The lowest BCUT2D eigenvalue weighted by atomic mass is 10.2. The smallest absolute Gasteiger partial charge is 0.278 e. The van der Waals surface area contributed by atoms with Gasteiger partial charge in [-0.05, 0) is 30.3 Å². The minimum Gasteiger partial charge on any atom is -0.470 e. The second kappa shape index (κ2) is 9.15. The molecular weight excluding hydrogens is 446 g/mol. The number of ether oxygens (including phenoxy) is 1. The lowest BCUT2D eigenvalue weighted by Crippen LogP contribution is -2.15. The highest BCUT2D eigenvalue weighted by Gasteiger charge is 2.13. The molecule has 4 rings (SSSR count). The fraction of sp³-hybridized carbons (Fsp3) is 0.100. The first-order valence-electron chi connectivity index (χ1n) is 9.03. The van der Waals surface area contributed by atoms with Crippen LogP contribution in [0.25, 0.3) is 0 Å². The van der Waals surface area contributed by atoms with Gasteiger partial charge >= 0.3 is 0 Å². The van der Waals surface area contributed by atoms with Crippen LogP contribution >= 0.6 is 23.2 Å². The average Bonchev–Trinajstić information content (AvgIpc) is 3.39. The number of amides is 1. The molecule has 2 aromatic carbocycles. The van der Waals surface area contributed by atoms with Crippen LogP contribution in [0.4, 0.5) is 10.3 Å². The van der Waals surface area contributed by atoms with Crippen LogP contribution in [0.15, 0.2) is 61.1 Å². The Balaban J connectivity index is 1.35. The van der Waals surface area contributed by atoms with E-state index in [0.29, 0.717) is 21.4 Å². The number of anilines is 1. The SMILES string of the molecule is O=C(Nc1ncn(Cc2ccccc2F)n1)c1ccn(COc2ccc(Cl)cc2Cl)n1. The molecule has 0 unspecified atom stereocenters. The van der Waals surface area contributed by atoms with Gasteiger partial charge in [0.05, 0.1) is 11.6 Å². The van der Waals surface area contributed by atoms with Crippen molar-refractivity contribution in [2.45, 2.75) is 13.3 Å². The summed E-state index contributed by atoms with van der Waals surface area (Å²) in [7, 11) is 0. The minimum absolute atomic E-state index is 0.0458. The third-order valence-corrected chi connectivity index (χ3v) is 4.70. The molecule has 4 aromatic rings. The van der Waals surface area contributed by atoms with Crippen LogP contribution < -0.4 is 10.1 Å². The van der Waals surface area contributed by atoms with E-state index >= 15 is 0 Å². The molecule has 1 amide bonds. The van der Waals surface area contributed by atoms with Gasteiger partial charge in [0, 0.05) is 16.8 Å². The molecule has 2 aromatic heterocycles. The topological polar surface area (TPSA) is 86.9 Å². The molecule has 0 aliphatic rings. The third-order valence-electron chi connectivity index (χ3n) is 4.17. The van der Waals surface area contributed by atoms with Crippen molar-refractivity contribution in [3.63, 3.8) is 0 Å². The normalized spacial score (nSPS) is 10.8. The fourth-order valence-corrected chi connectivity index (χ4v) is 3.14. The number of rotatable bonds is 7. The van der Waals surface area contributed by atoms with Crippen molar-refractivity contribution in [3.05, 3.63) is 88.2 Å². The molecule has 0 aliphatic heterocycles. The zero-order valence-electron chi connectivity index (χ0n) is 15.9. The lowest BCUT2D eigenvalue weighted by molar-refractivity contribution is 0.101. The van der Waals surface area contributed by atoms with Crippen LogP contribution in [0.5, 0.6) is 5.75 Å². The van der Waals surface area contributed by atoms with E-state index in [1.54, 1.807) is 42.6 Å². The Bertz CT molecular complexity index is 1230. The predicted molar refractivity (Wildman–Crippen MR) is 113 cm³/mol. The molecule has 0 spiro atoms. The van der Waals surface area contributed by atoms with Gasteiger partial charge in [0.1, 0.15) is 17.9 Å². The first kappa shape index (κ1) is 20.8. The fourth-order valence-electron chi connectivity index (χ4n) is 2.68. The Labute approximate surface area is 186 Å². The van der Waals surface area contributed by atoms with Crippen molar-refractivity contribution in [1.29, 1.82) is 0 Å². The van der Waals surface area contributed by atoms with Crippen LogP contribution in [0.3, 0.4) is 0 Å². The molecule has 0 bridgehead atoms. The number of nitrogens with zero attached hydrogens (tertiary/aromatic N) is 5. The van der Waals surface area contributed by atoms with Crippen LogP contribution in [0.1, 0.15) is 16.1 Å². The predicted octanol–water partition coefficient (Wildman–Crippen LogP) is 4.26. The zero-order chi connectivity index (χ0) is 21.8. The maximum atomic E-state index is 13.8. The standard InChI is InChI=1S/C20H15Cl2FN6O2/c21-14-5-6-18(15(22)9-14)31-12-28-8-7-17(26-28)19(30)25-20-24-11-29(27-20)10-13-3-1-2-4-16(13)23/h1-9,11H,10,12H2,(H,25,27,30). The second-order valence-electron chi connectivity index (χ2n) is 6.40. The van der Waals surface area contributed by atoms with Crippen molar-refractivity contribution < 1.29 is 13.9 Å². The minimum atomic E-state index is -0.494. The summed E-state index contributed by atoms with van der Waals surface area (Å²) < 4.78 is 22.2. The van der Waals surface area contributed by atoms with Crippen molar-refractivity contribution in [1.82, 2.24) is 24.5 Å². The van der Waals surface area contributed by atoms with Gasteiger partial charge in [-0.3, -0.25) is 10.1 Å². The molecule has 31 heavy (non-hydrogen) atoms. The quantitative estimate of drug-likeness (QED) is 0.445. The molecule has 0 saturated heterocycles. The Morgan fingerprint density at radius 2 is 1.94 bits per heavy atom. The molecule has 1 N–H and O–H groups in total. The van der Waals surface area contributed by atoms with E-state index in [-0.39, 0.29) is 30.7 Å². The van der Waals surface area contributed by atoms with Crippen molar-refractivity contribution >= 4 is 35.1 Å². The molecule has 11 heteroatoms. The number of benzene rings is 2. The van der Waals surface area contributed by atoms with Gasteiger partial charge in [-0.2, -0.15) is 5.10 Å². The van der Waals surface area contributed by atoms with Gasteiger partial charge < -0.3 is 4.74 Å². The number of nitrogens with one attached hydrogen (secondary N) is 1. The Kier molecular flexibility index (Phi) is 6.15. The summed E-state index contributed by atoms with van der Waals surface area (Å²) in [5.41, 5.74) is 0.612. The highest BCUT2D eigenvalue weighted by Crippen LogP contribution is 2.27. The van der Waals surface area contributed by atoms with Gasteiger partial charge in [0.25, 0.3) is 5.91 Å². The maximum Gasteiger partial charge on any atom is 0.278 e. The lowest BCUT2D eigenvalue weighted by Gasteiger charge is -2.08. The second-order valence-corrected chi connectivity index (χ2v) is 7.24. The van der Waals surface area contributed by atoms with E-state index in [9.17, 15) is 9.18 Å². The van der Waals surface area contributed by atoms with Gasteiger partial charge in [0.2, 0.25) is 5.95 Å². The number of hydrogen-bond acceptors (Lipinski definition) is 5. The van der Waals surface area contributed by atoms with Crippen molar-refractivity contribution in [2.24, 2.45) is 0 Å². The van der Waals surface area contributed by atoms with Crippen LogP contribution in [-0.4, -0.2) is 30.5 Å². The van der Waals surface area contributed by atoms with E-state index in [1.165, 1.54) is 27.8 Å². The molecule has 158 valence electrons. The summed E-state index contributed by atoms with van der Waals surface area (Å²) >= 11 is 11.9. The molecule has 0 saturated carbocycles. The largest absolute Gasteiger partial charge is 0.470 e. The van der Waals surface area contributed by atoms with E-state index in [0.717, 1.165) is 0 Å². The molecule has 0 aliphatic carbocycles. The summed E-state index contributed by atoms with van der Waals surface area (Å²) in [4.78, 5) is 16.4. The van der Waals surface area contributed by atoms with E-state index in [1.807, 2.05) is 0 Å². The summed E-state index contributed by atoms with van der Waals surface area (Å²) in [5.74, 6) is -0.305. The van der Waals surface area contributed by atoms with Gasteiger partial charge in [-0.15, -0.1) is 5.10 Å². The highest BCUT2D eigenvalue weighted by molar-refractivity contribution is 6.35. The summed E-state index contributed by atoms with van der Waals surface area (Å²) in [6.07, 6.45) is 2.99. The molecule has 0 atom stereocenters. The first-order valence-corrected chi connectivity index (χ1v) is 9.79. The Hall–Kier alpha value is -3.43. The molecule has 0 radical (unpaired) electrons. The van der Waals surface area contributed by atoms with Gasteiger partial charge in [0.15, 0.2) is 12.4 Å². The van der Waals surface area contributed by atoms with Gasteiger partial charge in [-0.25, -0.2) is 18.7 Å². The summed E-state index contributed by atoms with van der Waals surface area (Å²) in [6, 6.07) is 12.8. The third kappa shape index (κ3) is 5.19. The number of aromatic nitrogens is 5. The van der Waals surface area contributed by atoms with E-state index in [2.05, 4.69) is 20.5 Å². The first-order chi connectivity index (χ1) is 15.0. The van der Waals surface area contributed by atoms with Crippen LogP contribution in [0, 0.1) is 5.82 Å². The Morgan fingerprint density at radius 3 is 2.74 bits per heavy atom. The average molecular weight is 461 g/mol. The zero-order valence-corrected chi connectivity index (χ0v) is 17.4. The highest BCUT2D eigenvalue weighted by atomic mass is 35.5. The number of hydrogen-bond donors (Lipinski definition) is 1. The molecule has 8 nitrogen and oxygen atoms in total. The van der Waals surface area contributed by atoms with Crippen molar-refractivity contribution in [2.75, 3.05) is 5.32 Å². The van der Waals surface area contributed by atoms with E-state index < -0.39 is 5.91 Å². The summed E-state index contributed by atoms with van der Waals surface area (Å²) in [5, 5.41) is 11.7. The maximum absolute atomic E-state index is 13.8. The Morgan fingerprint density at radius 1 is 1.10 bits per heavy atom. The van der Waals surface area contributed by atoms with Crippen molar-refractivity contribution in [3.8, 4) is 5.75 Å². The van der Waals surface area contributed by atoms with Gasteiger partial charge in [-0.1, -0.05) is 41.4 Å². The molecule has 2 heterocycles. The monoisotopic (exact) mass is 460 g/mol. The van der Waals surface area contributed by atoms with Crippen LogP contribution in [-0.2, 0) is 13.3 Å². The summed E-state index contributed by atoms with van der Waals surface area (Å²) in [6.45, 7) is 0.235.